The Labute approximate surface area is 142 Å². The van der Waals surface area contributed by atoms with Crippen molar-refractivity contribution >= 4 is 28.8 Å². The topological polar surface area (TPSA) is 112 Å². The largest absolute Gasteiger partial charge is 0.449 e. The molecule has 0 aliphatic rings. The van der Waals surface area contributed by atoms with Crippen LogP contribution in [0.15, 0.2) is 28.8 Å². The van der Waals surface area contributed by atoms with Gasteiger partial charge in [0.2, 0.25) is 5.88 Å². The summed E-state index contributed by atoms with van der Waals surface area (Å²) in [4.78, 5) is 24.3. The van der Waals surface area contributed by atoms with Crippen LogP contribution in [0.4, 0.5) is 5.88 Å². The van der Waals surface area contributed by atoms with Crippen molar-refractivity contribution < 1.29 is 18.8 Å². The molecule has 0 bridgehead atoms. The van der Waals surface area contributed by atoms with Crippen LogP contribution in [-0.4, -0.2) is 38.1 Å². The number of aryl methyl sites for hydroxylation is 2. The van der Waals surface area contributed by atoms with Crippen LogP contribution in [0.25, 0.3) is 11.0 Å². The molecule has 0 fully saturated rings. The molecule has 0 saturated heterocycles. The van der Waals surface area contributed by atoms with E-state index < -0.39 is 18.0 Å². The van der Waals surface area contributed by atoms with Crippen molar-refractivity contribution in [1.82, 2.24) is 20.2 Å². The Morgan fingerprint density at radius 1 is 1.36 bits per heavy atom. The minimum atomic E-state index is -1.00. The van der Waals surface area contributed by atoms with Gasteiger partial charge in [0.15, 0.2) is 6.10 Å². The normalized spacial score (nSPS) is 12.1. The Morgan fingerprint density at radius 2 is 2.16 bits per heavy atom. The van der Waals surface area contributed by atoms with E-state index in [9.17, 15) is 9.59 Å². The highest BCUT2D eigenvalue weighted by molar-refractivity contribution is 5.98. The molecular weight excluding hydrogens is 326 g/mol. The molecule has 2 heterocycles. The van der Waals surface area contributed by atoms with Gasteiger partial charge >= 0.3 is 5.97 Å². The van der Waals surface area contributed by atoms with Crippen LogP contribution in [0.5, 0.6) is 0 Å². The average Bonchev–Trinajstić information content (AvgIpc) is 3.19. The second-order valence-corrected chi connectivity index (χ2v) is 5.48. The van der Waals surface area contributed by atoms with Gasteiger partial charge in [-0.05, 0) is 39.0 Å². The molecule has 0 radical (unpaired) electrons. The Balaban J connectivity index is 1.67. The predicted molar refractivity (Wildman–Crippen MR) is 87.9 cm³/mol. The van der Waals surface area contributed by atoms with Crippen molar-refractivity contribution in [3.63, 3.8) is 0 Å². The molecule has 9 heteroatoms. The van der Waals surface area contributed by atoms with E-state index in [2.05, 4.69) is 20.8 Å². The van der Waals surface area contributed by atoms with Crippen molar-refractivity contribution in [2.75, 3.05) is 5.32 Å². The molecule has 1 unspecified atom stereocenters. The first-order chi connectivity index (χ1) is 12.0. The van der Waals surface area contributed by atoms with E-state index >= 15 is 0 Å². The summed E-state index contributed by atoms with van der Waals surface area (Å²) in [5, 5.41) is 14.1. The number of rotatable bonds is 5. The highest BCUT2D eigenvalue weighted by atomic mass is 16.5. The van der Waals surface area contributed by atoms with Gasteiger partial charge in [0.1, 0.15) is 5.52 Å². The van der Waals surface area contributed by atoms with E-state index in [1.54, 1.807) is 35.9 Å². The van der Waals surface area contributed by atoms with E-state index in [0.717, 1.165) is 5.52 Å². The number of esters is 1. The Hall–Kier alpha value is -3.23. The molecule has 3 rings (SSSR count). The van der Waals surface area contributed by atoms with Crippen molar-refractivity contribution in [1.29, 1.82) is 0 Å². The number of ether oxygens (including phenoxy) is 1. The van der Waals surface area contributed by atoms with Crippen molar-refractivity contribution in [2.45, 2.75) is 33.4 Å². The van der Waals surface area contributed by atoms with Crippen LogP contribution >= 0.6 is 0 Å². The molecule has 1 N–H and O–H groups in total. The number of anilines is 1. The standard InChI is InChI=1S/C16H17N5O4/c1-4-21-13-6-5-11(8-12(13)18-20-21)16(23)24-10(3)15(22)17-14-7-9(2)19-25-14/h5-8,10H,4H2,1-3H3,(H,17,22). The summed E-state index contributed by atoms with van der Waals surface area (Å²) in [6.07, 6.45) is -1.00. The van der Waals surface area contributed by atoms with Crippen molar-refractivity contribution in [3.8, 4) is 0 Å². The van der Waals surface area contributed by atoms with Crippen LogP contribution < -0.4 is 5.32 Å². The summed E-state index contributed by atoms with van der Waals surface area (Å²) < 4.78 is 11.8. The van der Waals surface area contributed by atoms with Crippen LogP contribution in [0.2, 0.25) is 0 Å². The Bertz CT molecular complexity index is 930. The van der Waals surface area contributed by atoms with Gasteiger partial charge in [-0.15, -0.1) is 5.10 Å². The maximum absolute atomic E-state index is 12.2. The van der Waals surface area contributed by atoms with Crippen LogP contribution in [0, 0.1) is 6.92 Å². The van der Waals surface area contributed by atoms with Crippen molar-refractivity contribution in [2.24, 2.45) is 0 Å². The maximum Gasteiger partial charge on any atom is 0.338 e. The molecule has 2 aromatic heterocycles. The van der Waals surface area contributed by atoms with Gasteiger partial charge in [0.25, 0.3) is 5.91 Å². The summed E-state index contributed by atoms with van der Waals surface area (Å²) in [5.41, 5.74) is 2.34. The molecule has 0 saturated carbocycles. The molecule has 0 aliphatic heterocycles. The third kappa shape index (κ3) is 3.49. The lowest BCUT2D eigenvalue weighted by Crippen LogP contribution is -2.29. The lowest BCUT2D eigenvalue weighted by molar-refractivity contribution is -0.123. The van der Waals surface area contributed by atoms with Gasteiger partial charge in [-0.25, -0.2) is 9.48 Å². The lowest BCUT2D eigenvalue weighted by atomic mass is 10.2. The van der Waals surface area contributed by atoms with E-state index in [1.165, 1.54) is 6.92 Å². The zero-order valence-corrected chi connectivity index (χ0v) is 14.0. The number of carbonyl (C=O) groups excluding carboxylic acids is 2. The number of hydrogen-bond acceptors (Lipinski definition) is 7. The quantitative estimate of drug-likeness (QED) is 0.704. The van der Waals surface area contributed by atoms with Gasteiger partial charge in [-0.3, -0.25) is 10.1 Å². The summed E-state index contributed by atoms with van der Waals surface area (Å²) in [7, 11) is 0. The fourth-order valence-corrected chi connectivity index (χ4v) is 2.26. The number of nitrogens with one attached hydrogen (secondary N) is 1. The summed E-state index contributed by atoms with van der Waals surface area (Å²) in [6.45, 7) is 5.83. The molecule has 0 spiro atoms. The highest BCUT2D eigenvalue weighted by Gasteiger charge is 2.21. The first-order valence-corrected chi connectivity index (χ1v) is 7.76. The Kier molecular flexibility index (Phi) is 4.46. The highest BCUT2D eigenvalue weighted by Crippen LogP contribution is 2.15. The monoisotopic (exact) mass is 343 g/mol. The third-order valence-corrected chi connectivity index (χ3v) is 3.58. The third-order valence-electron chi connectivity index (χ3n) is 3.58. The van der Waals surface area contributed by atoms with E-state index in [-0.39, 0.29) is 5.88 Å². The van der Waals surface area contributed by atoms with Crippen LogP contribution in [-0.2, 0) is 16.1 Å². The van der Waals surface area contributed by atoms with E-state index in [4.69, 9.17) is 9.26 Å². The summed E-state index contributed by atoms with van der Waals surface area (Å²) in [6, 6.07) is 6.51. The molecule has 9 nitrogen and oxygen atoms in total. The van der Waals surface area contributed by atoms with Gasteiger partial charge in [-0.1, -0.05) is 10.4 Å². The molecule has 1 atom stereocenters. The van der Waals surface area contributed by atoms with Crippen molar-refractivity contribution in [3.05, 3.63) is 35.5 Å². The van der Waals surface area contributed by atoms with Crippen LogP contribution in [0.1, 0.15) is 29.9 Å². The summed E-state index contributed by atoms with van der Waals surface area (Å²) in [5.74, 6) is -0.935. The van der Waals surface area contributed by atoms with Crippen LogP contribution in [0.3, 0.4) is 0 Å². The lowest BCUT2D eigenvalue weighted by Gasteiger charge is -2.12. The van der Waals surface area contributed by atoms with Gasteiger partial charge in [0, 0.05) is 12.6 Å². The fourth-order valence-electron chi connectivity index (χ4n) is 2.26. The number of nitrogens with zero attached hydrogens (tertiary/aromatic N) is 4. The number of aromatic nitrogens is 4. The molecule has 0 aliphatic carbocycles. The van der Waals surface area contributed by atoms with E-state index in [1.807, 2.05) is 6.92 Å². The number of benzene rings is 1. The van der Waals surface area contributed by atoms with Gasteiger partial charge < -0.3 is 9.26 Å². The van der Waals surface area contributed by atoms with Gasteiger partial charge in [0.05, 0.1) is 16.8 Å². The molecule has 1 aromatic carbocycles. The predicted octanol–water partition coefficient (Wildman–Crippen LogP) is 1.93. The first kappa shape index (κ1) is 16.6. The zero-order valence-electron chi connectivity index (χ0n) is 14.0. The zero-order chi connectivity index (χ0) is 18.0. The number of hydrogen-bond donors (Lipinski definition) is 1. The smallest absolute Gasteiger partial charge is 0.338 e. The van der Waals surface area contributed by atoms with Gasteiger partial charge in [-0.2, -0.15) is 0 Å². The minimum Gasteiger partial charge on any atom is -0.449 e. The molecule has 1 amide bonds. The summed E-state index contributed by atoms with van der Waals surface area (Å²) >= 11 is 0. The molecular formula is C16H17N5O4. The number of fused-ring (bicyclic) bond motifs is 1. The minimum absolute atomic E-state index is 0.197. The number of carbonyl (C=O) groups is 2. The SMILES string of the molecule is CCn1nnc2cc(C(=O)OC(C)C(=O)Nc3cc(C)no3)ccc21. The Morgan fingerprint density at radius 3 is 2.84 bits per heavy atom. The molecule has 3 aromatic rings. The molecule has 25 heavy (non-hydrogen) atoms. The molecule has 130 valence electrons. The van der Waals surface area contributed by atoms with E-state index in [0.29, 0.717) is 23.3 Å². The fraction of sp³-hybridized carbons (Fsp3) is 0.312. The number of amides is 1. The maximum atomic E-state index is 12.2. The average molecular weight is 343 g/mol. The second kappa shape index (κ2) is 6.71. The first-order valence-electron chi connectivity index (χ1n) is 7.76. The second-order valence-electron chi connectivity index (χ2n) is 5.48.